The summed E-state index contributed by atoms with van der Waals surface area (Å²) >= 11 is 0. The van der Waals surface area contributed by atoms with Crippen LogP contribution in [0.15, 0.2) is 89.5 Å². The zero-order valence-electron chi connectivity index (χ0n) is 28.7. The second-order valence-corrected chi connectivity index (χ2v) is 18.1. The number of para-hydroxylation sites is 2. The van der Waals surface area contributed by atoms with E-state index in [-0.39, 0.29) is 26.1 Å². The molecule has 0 unspecified atom stereocenters. The minimum Gasteiger partial charge on any atom is -0.486 e. The van der Waals surface area contributed by atoms with Gasteiger partial charge < -0.3 is 14.0 Å². The van der Waals surface area contributed by atoms with Crippen LogP contribution in [0.2, 0.25) is 19.6 Å². The van der Waals surface area contributed by atoms with Crippen LogP contribution < -0.4 is 5.19 Å². The van der Waals surface area contributed by atoms with Gasteiger partial charge in [-0.3, -0.25) is 4.98 Å². The first-order valence-corrected chi connectivity index (χ1v) is 19.0. The van der Waals surface area contributed by atoms with E-state index in [9.17, 15) is 0 Å². The fourth-order valence-corrected chi connectivity index (χ4v) is 6.55. The number of rotatable bonds is 5. The second-order valence-electron chi connectivity index (χ2n) is 13.1. The molecule has 7 heteroatoms. The maximum absolute atomic E-state index is 8.01. The molecule has 7 aromatic rings. The number of nitrogens with zero attached hydrogens (tertiary/aromatic N) is 4. The summed E-state index contributed by atoms with van der Waals surface area (Å²) in [7, 11) is -1.29. The van der Waals surface area contributed by atoms with Crippen molar-refractivity contribution in [1.29, 1.82) is 0 Å². The van der Waals surface area contributed by atoms with E-state index in [4.69, 9.17) is 10.8 Å². The zero-order chi connectivity index (χ0) is 32.8. The van der Waals surface area contributed by atoms with Crippen LogP contribution in [-0.4, -0.2) is 27.6 Å². The molecule has 0 N–H and O–H groups in total. The van der Waals surface area contributed by atoms with Crippen LogP contribution in [0.4, 0.5) is 0 Å². The van der Waals surface area contributed by atoms with Crippen molar-refractivity contribution in [3.05, 3.63) is 108 Å². The van der Waals surface area contributed by atoms with Gasteiger partial charge in [0.2, 0.25) is 5.71 Å². The summed E-state index contributed by atoms with van der Waals surface area (Å²) in [5.74, 6) is 0.298. The zero-order valence-corrected chi connectivity index (χ0v) is 31.1. The van der Waals surface area contributed by atoms with Gasteiger partial charge in [-0.25, -0.2) is 4.98 Å². The molecule has 0 amide bonds. The molecule has 0 saturated heterocycles. The quantitative estimate of drug-likeness (QED) is 0.129. The van der Waals surface area contributed by atoms with E-state index < -0.39 is 14.0 Å². The molecule has 0 fully saturated rings. The van der Waals surface area contributed by atoms with Crippen molar-refractivity contribution in [2.75, 3.05) is 0 Å². The van der Waals surface area contributed by atoms with E-state index in [0.717, 1.165) is 61.3 Å². The molecule has 0 saturated carbocycles. The number of hydrogen-bond acceptors (Lipinski definition) is 4. The summed E-state index contributed by atoms with van der Waals surface area (Å²) in [5.41, 5.74) is 8.27. The predicted molar refractivity (Wildman–Crippen MR) is 190 cm³/mol. The topological polar surface area (TPSA) is 56.7 Å². The van der Waals surface area contributed by atoms with Gasteiger partial charge in [0.05, 0.1) is 30.5 Å². The second kappa shape index (κ2) is 13.4. The third-order valence-corrected chi connectivity index (χ3v) is 10.1. The van der Waals surface area contributed by atoms with E-state index >= 15 is 0 Å². The van der Waals surface area contributed by atoms with Gasteiger partial charge in [-0.2, -0.15) is 0 Å². The van der Waals surface area contributed by atoms with Crippen LogP contribution in [0.3, 0.4) is 0 Å². The molecule has 0 spiro atoms. The van der Waals surface area contributed by atoms with E-state index in [0.29, 0.717) is 5.71 Å². The Balaban J connectivity index is 0.000000188. The summed E-state index contributed by atoms with van der Waals surface area (Å²) in [6.07, 6.45) is 2.00. The Morgan fingerprint density at radius 1 is 0.870 bits per heavy atom. The average Bonchev–Trinajstić information content (AvgIpc) is 3.59. The fourth-order valence-electron chi connectivity index (χ4n) is 5.52. The maximum Gasteiger partial charge on any atom is 0.216 e. The normalized spacial score (nSPS) is 12.2. The van der Waals surface area contributed by atoms with Crippen LogP contribution in [0.25, 0.3) is 55.7 Å². The van der Waals surface area contributed by atoms with Gasteiger partial charge in [-0.1, -0.05) is 74.6 Å². The van der Waals surface area contributed by atoms with Gasteiger partial charge in [0.15, 0.2) is 0 Å². The maximum atomic E-state index is 8.01. The van der Waals surface area contributed by atoms with Crippen LogP contribution in [0, 0.1) is 19.1 Å². The number of aromatic nitrogens is 4. The fraction of sp³-hybridized carbons (Fsp3) is 0.256. The third kappa shape index (κ3) is 6.64. The van der Waals surface area contributed by atoms with Gasteiger partial charge in [0, 0.05) is 44.8 Å². The molecule has 3 aromatic carbocycles. The van der Waals surface area contributed by atoms with Crippen molar-refractivity contribution in [3.63, 3.8) is 0 Å². The Morgan fingerprint density at radius 2 is 1.65 bits per heavy atom. The largest absolute Gasteiger partial charge is 0.486 e. The van der Waals surface area contributed by atoms with Crippen molar-refractivity contribution in [1.82, 2.24) is 19.5 Å². The molecule has 1 radical (unpaired) electrons. The molecule has 4 heterocycles. The smallest absolute Gasteiger partial charge is 0.216 e. The molecule has 0 aliphatic heterocycles. The Kier molecular flexibility index (Phi) is 9.37. The van der Waals surface area contributed by atoms with Gasteiger partial charge >= 0.3 is 0 Å². The number of benzene rings is 3. The van der Waals surface area contributed by atoms with Crippen LogP contribution in [0.1, 0.15) is 52.3 Å². The molecule has 0 aliphatic carbocycles. The number of pyridine rings is 2. The molecule has 0 aliphatic rings. The average molecular weight is 802 g/mol. The van der Waals surface area contributed by atoms with Crippen molar-refractivity contribution in [2.45, 2.75) is 66.2 Å². The molecule has 7 rings (SSSR count). The molecular weight excluding hydrogens is 761 g/mol. The molecule has 46 heavy (non-hydrogen) atoms. The number of imidazole rings is 1. The first-order valence-electron chi connectivity index (χ1n) is 16.0. The predicted octanol–water partition coefficient (Wildman–Crippen LogP) is 9.90. The van der Waals surface area contributed by atoms with E-state index in [1.165, 1.54) is 5.19 Å². The number of furan rings is 1. The monoisotopic (exact) mass is 802 g/mol. The van der Waals surface area contributed by atoms with Crippen molar-refractivity contribution in [2.24, 2.45) is 0 Å². The summed E-state index contributed by atoms with van der Waals surface area (Å²) in [5, 5.41) is 3.43. The van der Waals surface area contributed by atoms with Crippen molar-refractivity contribution >= 4 is 46.4 Å². The number of aryl methyl sites for hydroxylation is 1. The SMILES string of the molecule is Cc1ccc2c(n1)oc1c(-c3nc4ccccc4n3C(C)C)[c-]ccc12.[2H]C(C)(C)c1c[c-]c(-c2ccc([Si](C)(C)C)cn2)cc1.[Ir]. The van der Waals surface area contributed by atoms with E-state index in [2.05, 4.69) is 84.4 Å². The summed E-state index contributed by atoms with van der Waals surface area (Å²) in [4.78, 5) is 14.0. The van der Waals surface area contributed by atoms with E-state index in [1.54, 1.807) is 0 Å². The molecular formula is C39H40IrN4OSi-2. The Labute approximate surface area is 287 Å². The summed E-state index contributed by atoms with van der Waals surface area (Å²) in [6.45, 7) is 17.0. The third-order valence-electron chi connectivity index (χ3n) is 8.07. The standard InChI is InChI=1S/C22H18N3O.C17H22NSi.Ir/c1-13(2)25-19-10-5-4-9-18(19)24-21(25)17-8-6-7-15-16-12-11-14(3)23-22(16)26-20(15)17;1-13(2)14-6-8-15(9-7-14)17-11-10-16(12-18-17)19(3,4)5;/h4-7,9-13H,1-3H3;6-8,10-13H,1-5H3;/q2*-1;/i;13D;. The number of hydrogen-bond donors (Lipinski definition) is 0. The van der Waals surface area contributed by atoms with Gasteiger partial charge in [0.25, 0.3) is 0 Å². The molecule has 237 valence electrons. The Morgan fingerprint density at radius 3 is 2.30 bits per heavy atom. The molecule has 0 atom stereocenters. The number of fused-ring (bicyclic) bond motifs is 4. The van der Waals surface area contributed by atoms with Gasteiger partial charge in [-0.05, 0) is 55.9 Å². The first-order chi connectivity index (χ1) is 21.8. The van der Waals surface area contributed by atoms with Crippen LogP contribution in [0.5, 0.6) is 0 Å². The van der Waals surface area contributed by atoms with Crippen molar-refractivity contribution in [3.8, 4) is 22.6 Å². The van der Waals surface area contributed by atoms with Gasteiger partial charge in [0.1, 0.15) is 0 Å². The Bertz CT molecular complexity index is 2100. The Hall–Kier alpha value is -3.90. The minimum atomic E-state index is -1.29. The summed E-state index contributed by atoms with van der Waals surface area (Å²) in [6, 6.07) is 33.3. The minimum absolute atomic E-state index is 0. The van der Waals surface area contributed by atoms with Gasteiger partial charge in [-0.15, -0.1) is 53.6 Å². The first kappa shape index (κ1) is 32.1. The van der Waals surface area contributed by atoms with Crippen molar-refractivity contribution < 1.29 is 25.9 Å². The van der Waals surface area contributed by atoms with E-state index in [1.807, 2.05) is 81.6 Å². The molecule has 5 nitrogen and oxygen atoms in total. The summed E-state index contributed by atoms with van der Waals surface area (Å²) < 4.78 is 16.4. The molecule has 0 bridgehead atoms. The molecule has 4 aromatic heterocycles. The van der Waals surface area contributed by atoms with Crippen LogP contribution >= 0.6 is 0 Å². The van der Waals surface area contributed by atoms with Crippen LogP contribution in [-0.2, 0) is 20.1 Å².